The van der Waals surface area contributed by atoms with Crippen LogP contribution >= 0.6 is 0 Å². The van der Waals surface area contributed by atoms with Crippen LogP contribution in [0.4, 0.5) is 0 Å². The number of carboxylic acids is 2. The first kappa shape index (κ1) is 23.7. The van der Waals surface area contributed by atoms with E-state index in [1.807, 2.05) is 0 Å². The topological polar surface area (TPSA) is 141 Å². The fourth-order valence-electron chi connectivity index (χ4n) is 1.99. The molecule has 0 radical (unpaired) electrons. The maximum Gasteiger partial charge on any atom is 0.341 e. The van der Waals surface area contributed by atoms with Gasteiger partial charge in [0.15, 0.2) is 0 Å². The average molecular weight is 412 g/mol. The molecule has 0 aliphatic heterocycles. The molecule has 0 saturated carbocycles. The third-order valence-corrected chi connectivity index (χ3v) is 3.46. The van der Waals surface area contributed by atoms with Crippen molar-refractivity contribution >= 4 is 17.9 Å². The number of rotatable bonds is 3. The number of carbonyl (C=O) groups excluding carboxylic acids is 1. The summed E-state index contributed by atoms with van der Waals surface area (Å²) in [5.41, 5.74) is 0.454. The second-order valence-electron chi connectivity index (χ2n) is 5.50. The van der Waals surface area contributed by atoms with Crippen molar-refractivity contribution in [1.29, 1.82) is 0 Å². The number of carboxylic acid groups (broad SMARTS) is 2. The number of esters is 1. The molecular formula is C22H20O8. The molecule has 0 aromatic heterocycles. The van der Waals surface area contributed by atoms with Gasteiger partial charge >= 0.3 is 17.9 Å². The molecule has 3 rings (SSSR count). The first-order valence-electron chi connectivity index (χ1n) is 8.43. The summed E-state index contributed by atoms with van der Waals surface area (Å²) in [4.78, 5) is 31.3. The van der Waals surface area contributed by atoms with Crippen molar-refractivity contribution in [3.63, 3.8) is 0 Å². The minimum atomic E-state index is -1.11. The molecule has 4 N–H and O–H groups in total. The number of carbonyl (C=O) groups is 3. The highest BCUT2D eigenvalue weighted by Gasteiger charge is 2.08. The van der Waals surface area contributed by atoms with Gasteiger partial charge in [-0.25, -0.2) is 14.4 Å². The van der Waals surface area contributed by atoms with Gasteiger partial charge in [-0.2, -0.15) is 0 Å². The van der Waals surface area contributed by atoms with Crippen LogP contribution in [0.15, 0.2) is 78.9 Å². The molecule has 0 aliphatic carbocycles. The third kappa shape index (κ3) is 7.73. The SMILES string of the molecule is COC(=O)c1ccccc1O.O=C(O)c1ccccc1.O=C(O)c1ccccc1O. The molecule has 8 heteroatoms. The van der Waals surface area contributed by atoms with E-state index in [0.717, 1.165) is 0 Å². The molecule has 0 amide bonds. The van der Waals surface area contributed by atoms with Gasteiger partial charge in [-0.1, -0.05) is 42.5 Å². The lowest BCUT2D eigenvalue weighted by Gasteiger charge is -1.99. The van der Waals surface area contributed by atoms with Crippen LogP contribution in [0.1, 0.15) is 31.1 Å². The molecule has 0 spiro atoms. The van der Waals surface area contributed by atoms with E-state index >= 15 is 0 Å². The average Bonchev–Trinajstić information content (AvgIpc) is 2.75. The second-order valence-corrected chi connectivity index (χ2v) is 5.50. The fourth-order valence-corrected chi connectivity index (χ4v) is 1.99. The number of para-hydroxylation sites is 2. The summed E-state index contributed by atoms with van der Waals surface area (Å²) >= 11 is 0. The normalized spacial score (nSPS) is 9.10. The Labute approximate surface area is 172 Å². The molecule has 3 aromatic rings. The van der Waals surface area contributed by atoms with Crippen LogP contribution in [0.25, 0.3) is 0 Å². The molecule has 0 heterocycles. The van der Waals surface area contributed by atoms with Gasteiger partial charge in [0.1, 0.15) is 22.6 Å². The first-order chi connectivity index (χ1) is 14.3. The van der Waals surface area contributed by atoms with Gasteiger partial charge in [0.05, 0.1) is 12.7 Å². The molecule has 0 unspecified atom stereocenters. The van der Waals surface area contributed by atoms with E-state index in [-0.39, 0.29) is 22.6 Å². The lowest BCUT2D eigenvalue weighted by molar-refractivity contribution is 0.0595. The molecule has 0 aliphatic rings. The number of hydrogen-bond donors (Lipinski definition) is 4. The third-order valence-electron chi connectivity index (χ3n) is 3.46. The van der Waals surface area contributed by atoms with E-state index in [1.54, 1.807) is 54.6 Å². The Morgan fingerprint density at radius 3 is 1.40 bits per heavy atom. The van der Waals surface area contributed by atoms with Crippen molar-refractivity contribution in [2.24, 2.45) is 0 Å². The highest BCUT2D eigenvalue weighted by Crippen LogP contribution is 2.16. The molecule has 30 heavy (non-hydrogen) atoms. The van der Waals surface area contributed by atoms with Gasteiger partial charge in [0.2, 0.25) is 0 Å². The molecule has 0 atom stereocenters. The van der Waals surface area contributed by atoms with Crippen LogP contribution in [0.3, 0.4) is 0 Å². The summed E-state index contributed by atoms with van der Waals surface area (Å²) in [5, 5.41) is 34.8. The number of aromatic carboxylic acids is 2. The van der Waals surface area contributed by atoms with Gasteiger partial charge in [-0.3, -0.25) is 0 Å². The zero-order chi connectivity index (χ0) is 22.5. The van der Waals surface area contributed by atoms with E-state index in [0.29, 0.717) is 5.56 Å². The van der Waals surface area contributed by atoms with Gasteiger partial charge in [0, 0.05) is 0 Å². The lowest BCUT2D eigenvalue weighted by atomic mass is 10.2. The summed E-state index contributed by atoms with van der Waals surface area (Å²) in [6.45, 7) is 0. The van der Waals surface area contributed by atoms with Gasteiger partial charge in [-0.05, 0) is 36.4 Å². The minimum absolute atomic E-state index is 0.0562. The van der Waals surface area contributed by atoms with Gasteiger partial charge < -0.3 is 25.2 Å². The zero-order valence-electron chi connectivity index (χ0n) is 15.9. The van der Waals surface area contributed by atoms with Gasteiger partial charge in [0.25, 0.3) is 0 Å². The van der Waals surface area contributed by atoms with E-state index in [4.69, 9.17) is 20.4 Å². The summed E-state index contributed by atoms with van der Waals surface area (Å²) < 4.78 is 4.42. The number of hydrogen-bond acceptors (Lipinski definition) is 6. The minimum Gasteiger partial charge on any atom is -0.507 e. The predicted molar refractivity (Wildman–Crippen MR) is 108 cm³/mol. The van der Waals surface area contributed by atoms with Crippen LogP contribution in [0.2, 0.25) is 0 Å². The van der Waals surface area contributed by atoms with Crippen LogP contribution in [-0.4, -0.2) is 45.4 Å². The molecule has 0 saturated heterocycles. The van der Waals surface area contributed by atoms with Crippen LogP contribution in [0.5, 0.6) is 11.5 Å². The Hall–Kier alpha value is -4.33. The first-order valence-corrected chi connectivity index (χ1v) is 8.43. The Morgan fingerprint density at radius 2 is 1.07 bits per heavy atom. The number of ether oxygens (including phenoxy) is 1. The Kier molecular flexibility index (Phi) is 9.64. The van der Waals surface area contributed by atoms with E-state index in [9.17, 15) is 14.4 Å². The largest absolute Gasteiger partial charge is 0.507 e. The number of benzene rings is 3. The van der Waals surface area contributed by atoms with E-state index in [2.05, 4.69) is 4.74 Å². The summed E-state index contributed by atoms with van der Waals surface area (Å²) in [6, 6.07) is 20.3. The Bertz CT molecular complexity index is 983. The molecule has 8 nitrogen and oxygen atoms in total. The van der Waals surface area contributed by atoms with Crippen LogP contribution in [0, 0.1) is 0 Å². The van der Waals surface area contributed by atoms with Crippen molar-refractivity contribution in [3.8, 4) is 11.5 Å². The monoisotopic (exact) mass is 412 g/mol. The molecular weight excluding hydrogens is 392 g/mol. The van der Waals surface area contributed by atoms with Crippen LogP contribution < -0.4 is 0 Å². The van der Waals surface area contributed by atoms with Crippen molar-refractivity contribution in [2.45, 2.75) is 0 Å². The molecule has 0 bridgehead atoms. The lowest BCUT2D eigenvalue weighted by Crippen LogP contribution is -2.00. The molecule has 3 aromatic carbocycles. The number of aromatic hydroxyl groups is 2. The highest BCUT2D eigenvalue weighted by atomic mass is 16.5. The van der Waals surface area contributed by atoms with Gasteiger partial charge in [-0.15, -0.1) is 0 Å². The quantitative estimate of drug-likeness (QED) is 0.478. The standard InChI is InChI=1S/C8H8O3.C7H6O3.C7H6O2/c1-11-8(10)6-4-2-3-5-7(6)9;8-6-4-2-1-3-5(6)7(9)10;8-7(9)6-4-2-1-3-5-6/h2-5,9H,1H3;1-4,8H,(H,9,10);1-5H,(H,8,9). The Balaban J connectivity index is 0.000000226. The smallest absolute Gasteiger partial charge is 0.341 e. The van der Waals surface area contributed by atoms with E-state index < -0.39 is 17.9 Å². The summed E-state index contributed by atoms with van der Waals surface area (Å²) in [6.07, 6.45) is 0. The summed E-state index contributed by atoms with van der Waals surface area (Å²) in [5.74, 6) is -2.77. The number of phenols is 2. The maximum absolute atomic E-state index is 10.9. The highest BCUT2D eigenvalue weighted by molar-refractivity contribution is 5.92. The van der Waals surface area contributed by atoms with Crippen molar-refractivity contribution in [2.75, 3.05) is 7.11 Å². The van der Waals surface area contributed by atoms with Crippen molar-refractivity contribution in [3.05, 3.63) is 95.6 Å². The van der Waals surface area contributed by atoms with Crippen molar-refractivity contribution < 1.29 is 39.5 Å². The number of methoxy groups -OCH3 is 1. The maximum atomic E-state index is 10.9. The number of phenolic OH excluding ortho intramolecular Hbond substituents is 1. The summed E-state index contributed by atoms with van der Waals surface area (Å²) in [7, 11) is 1.27. The Morgan fingerprint density at radius 1 is 0.633 bits per heavy atom. The van der Waals surface area contributed by atoms with Crippen LogP contribution in [-0.2, 0) is 4.74 Å². The molecule has 0 fully saturated rings. The van der Waals surface area contributed by atoms with Crippen molar-refractivity contribution in [1.82, 2.24) is 0 Å². The predicted octanol–water partition coefficient (Wildman–Crippen LogP) is 3.65. The second kappa shape index (κ2) is 12.2. The van der Waals surface area contributed by atoms with E-state index in [1.165, 1.54) is 31.4 Å². The zero-order valence-corrected chi connectivity index (χ0v) is 15.9. The molecule has 156 valence electrons. The fraction of sp³-hybridized carbons (Fsp3) is 0.0455.